The normalized spacial score (nSPS) is 20.3. The first-order chi connectivity index (χ1) is 11.4. The third kappa shape index (κ3) is 4.54. The Bertz CT molecular complexity index is 547. The predicted molar refractivity (Wildman–Crippen MR) is 102 cm³/mol. The molecule has 0 saturated carbocycles. The SMILES string of the molecule is CN=C(NCC1CCSCC1)N1CC=C(c2ccccc2)CC1. The van der Waals surface area contributed by atoms with E-state index in [0.717, 1.165) is 37.9 Å². The minimum absolute atomic E-state index is 0.813. The van der Waals surface area contributed by atoms with Gasteiger partial charge in [-0.25, -0.2) is 0 Å². The minimum Gasteiger partial charge on any atom is -0.356 e. The molecule has 23 heavy (non-hydrogen) atoms. The Kier molecular flexibility index (Phi) is 6.03. The van der Waals surface area contributed by atoms with Crippen LogP contribution in [0.3, 0.4) is 0 Å². The zero-order valence-corrected chi connectivity index (χ0v) is 14.8. The molecule has 3 nitrogen and oxygen atoms in total. The number of guanidine groups is 1. The molecule has 2 aliphatic heterocycles. The topological polar surface area (TPSA) is 27.6 Å². The summed E-state index contributed by atoms with van der Waals surface area (Å²) in [5.74, 6) is 4.51. The molecule has 1 aromatic carbocycles. The molecule has 2 heterocycles. The molecule has 0 atom stereocenters. The summed E-state index contributed by atoms with van der Waals surface area (Å²) in [6.07, 6.45) is 6.12. The Hall–Kier alpha value is -1.42. The second-order valence-electron chi connectivity index (χ2n) is 6.28. The van der Waals surface area contributed by atoms with Crippen molar-refractivity contribution in [3.63, 3.8) is 0 Å². The van der Waals surface area contributed by atoms with E-state index in [-0.39, 0.29) is 0 Å². The Morgan fingerprint density at radius 2 is 2.04 bits per heavy atom. The molecule has 0 spiro atoms. The van der Waals surface area contributed by atoms with Gasteiger partial charge in [0.05, 0.1) is 0 Å². The van der Waals surface area contributed by atoms with Gasteiger partial charge in [0.2, 0.25) is 0 Å². The van der Waals surface area contributed by atoms with Gasteiger partial charge in [-0.1, -0.05) is 36.4 Å². The first kappa shape index (κ1) is 16.4. The lowest BCUT2D eigenvalue weighted by atomic mass is 10.00. The molecule has 0 bridgehead atoms. The molecule has 124 valence electrons. The van der Waals surface area contributed by atoms with Crippen LogP contribution in [0.4, 0.5) is 0 Å². The standard InChI is InChI=1S/C19H27N3S/c1-20-19(21-15-16-9-13-23-14-10-16)22-11-7-18(8-12-22)17-5-3-2-4-6-17/h2-7,16H,8-15H2,1H3,(H,20,21). The molecule has 0 aliphatic carbocycles. The fraction of sp³-hybridized carbons (Fsp3) is 0.526. The summed E-state index contributed by atoms with van der Waals surface area (Å²) in [5, 5.41) is 3.60. The summed E-state index contributed by atoms with van der Waals surface area (Å²) < 4.78 is 0. The fourth-order valence-corrected chi connectivity index (χ4v) is 4.50. The van der Waals surface area contributed by atoms with Crippen molar-refractivity contribution >= 4 is 23.3 Å². The minimum atomic E-state index is 0.813. The second kappa shape index (κ2) is 8.44. The van der Waals surface area contributed by atoms with Crippen molar-refractivity contribution in [1.29, 1.82) is 0 Å². The van der Waals surface area contributed by atoms with Gasteiger partial charge in [-0.3, -0.25) is 4.99 Å². The molecular formula is C19H27N3S. The molecule has 0 amide bonds. The molecule has 2 aliphatic rings. The van der Waals surface area contributed by atoms with Crippen LogP contribution in [0.1, 0.15) is 24.8 Å². The van der Waals surface area contributed by atoms with Gasteiger partial charge in [-0.15, -0.1) is 0 Å². The van der Waals surface area contributed by atoms with Crippen LogP contribution in [-0.4, -0.2) is 49.0 Å². The molecule has 0 unspecified atom stereocenters. The van der Waals surface area contributed by atoms with Crippen molar-refractivity contribution in [3.8, 4) is 0 Å². The molecule has 1 saturated heterocycles. The van der Waals surface area contributed by atoms with Crippen LogP contribution in [0.15, 0.2) is 41.4 Å². The van der Waals surface area contributed by atoms with Gasteiger partial charge >= 0.3 is 0 Å². The second-order valence-corrected chi connectivity index (χ2v) is 7.50. The lowest BCUT2D eigenvalue weighted by Crippen LogP contribution is -2.45. The molecule has 3 rings (SSSR count). The van der Waals surface area contributed by atoms with Gasteiger partial charge in [0, 0.05) is 26.7 Å². The van der Waals surface area contributed by atoms with Crippen molar-refractivity contribution in [2.75, 3.05) is 38.2 Å². The number of aliphatic imine (C=N–C) groups is 1. The third-order valence-corrected chi connectivity index (χ3v) is 5.80. The number of nitrogens with zero attached hydrogens (tertiary/aromatic N) is 2. The van der Waals surface area contributed by atoms with Crippen LogP contribution in [-0.2, 0) is 0 Å². The maximum Gasteiger partial charge on any atom is 0.193 e. The molecule has 4 heteroatoms. The first-order valence-electron chi connectivity index (χ1n) is 8.64. The van der Waals surface area contributed by atoms with Crippen LogP contribution in [0, 0.1) is 5.92 Å². The van der Waals surface area contributed by atoms with Crippen LogP contribution in [0.25, 0.3) is 5.57 Å². The maximum absolute atomic E-state index is 4.49. The van der Waals surface area contributed by atoms with Gasteiger partial charge in [0.1, 0.15) is 0 Å². The van der Waals surface area contributed by atoms with E-state index >= 15 is 0 Å². The molecule has 0 aromatic heterocycles. The number of hydrogen-bond acceptors (Lipinski definition) is 2. The number of rotatable bonds is 3. The van der Waals surface area contributed by atoms with E-state index in [1.165, 1.54) is 35.5 Å². The van der Waals surface area contributed by atoms with E-state index in [2.05, 4.69) is 63.4 Å². The zero-order valence-electron chi connectivity index (χ0n) is 14.0. The summed E-state index contributed by atoms with van der Waals surface area (Å²) in [5.41, 5.74) is 2.82. The van der Waals surface area contributed by atoms with Crippen molar-refractivity contribution in [1.82, 2.24) is 10.2 Å². The molecule has 0 radical (unpaired) electrons. The number of benzene rings is 1. The summed E-state index contributed by atoms with van der Waals surface area (Å²) in [6.45, 7) is 3.06. The zero-order chi connectivity index (χ0) is 15.9. The van der Waals surface area contributed by atoms with Crippen LogP contribution >= 0.6 is 11.8 Å². The number of thioether (sulfide) groups is 1. The molecular weight excluding hydrogens is 302 g/mol. The predicted octanol–water partition coefficient (Wildman–Crippen LogP) is 3.49. The highest BCUT2D eigenvalue weighted by Crippen LogP contribution is 2.23. The van der Waals surface area contributed by atoms with Crippen molar-refractivity contribution in [2.45, 2.75) is 19.3 Å². The highest BCUT2D eigenvalue weighted by molar-refractivity contribution is 7.99. The Morgan fingerprint density at radius 1 is 1.26 bits per heavy atom. The lowest BCUT2D eigenvalue weighted by molar-refractivity contribution is 0.419. The highest BCUT2D eigenvalue weighted by Gasteiger charge is 2.18. The van der Waals surface area contributed by atoms with Crippen molar-refractivity contribution in [2.24, 2.45) is 10.9 Å². The van der Waals surface area contributed by atoms with Gasteiger partial charge in [0.25, 0.3) is 0 Å². The summed E-state index contributed by atoms with van der Waals surface area (Å²) in [4.78, 5) is 6.86. The van der Waals surface area contributed by atoms with Gasteiger partial charge in [-0.05, 0) is 47.8 Å². The maximum atomic E-state index is 4.49. The smallest absolute Gasteiger partial charge is 0.193 e. The van der Waals surface area contributed by atoms with E-state index in [4.69, 9.17) is 0 Å². The average molecular weight is 330 g/mol. The number of hydrogen-bond donors (Lipinski definition) is 1. The van der Waals surface area contributed by atoms with Crippen LogP contribution < -0.4 is 5.32 Å². The van der Waals surface area contributed by atoms with Crippen LogP contribution in [0.5, 0.6) is 0 Å². The monoisotopic (exact) mass is 329 g/mol. The van der Waals surface area contributed by atoms with E-state index < -0.39 is 0 Å². The summed E-state index contributed by atoms with van der Waals surface area (Å²) in [7, 11) is 1.90. The molecule has 1 fully saturated rings. The van der Waals surface area contributed by atoms with Gasteiger partial charge < -0.3 is 10.2 Å². The van der Waals surface area contributed by atoms with Gasteiger partial charge in [-0.2, -0.15) is 11.8 Å². The lowest BCUT2D eigenvalue weighted by Gasteiger charge is -2.31. The summed E-state index contributed by atoms with van der Waals surface area (Å²) >= 11 is 2.09. The van der Waals surface area contributed by atoms with E-state index in [1.807, 2.05) is 7.05 Å². The van der Waals surface area contributed by atoms with Gasteiger partial charge in [0.15, 0.2) is 5.96 Å². The quantitative estimate of drug-likeness (QED) is 0.679. The first-order valence-corrected chi connectivity index (χ1v) is 9.80. The van der Waals surface area contributed by atoms with E-state index in [0.29, 0.717) is 0 Å². The highest BCUT2D eigenvalue weighted by atomic mass is 32.2. The van der Waals surface area contributed by atoms with E-state index in [1.54, 1.807) is 0 Å². The van der Waals surface area contributed by atoms with Crippen molar-refractivity contribution < 1.29 is 0 Å². The Balaban J connectivity index is 1.53. The number of nitrogens with one attached hydrogen (secondary N) is 1. The molecule has 1 aromatic rings. The fourth-order valence-electron chi connectivity index (χ4n) is 3.29. The summed E-state index contributed by atoms with van der Waals surface area (Å²) in [6, 6.07) is 10.7. The largest absolute Gasteiger partial charge is 0.356 e. The average Bonchev–Trinajstić information content (AvgIpc) is 2.64. The molecule has 1 N–H and O–H groups in total. The van der Waals surface area contributed by atoms with Crippen LogP contribution in [0.2, 0.25) is 0 Å². The van der Waals surface area contributed by atoms with E-state index in [9.17, 15) is 0 Å². The van der Waals surface area contributed by atoms with Crippen molar-refractivity contribution in [3.05, 3.63) is 42.0 Å². The Morgan fingerprint density at radius 3 is 2.70 bits per heavy atom. The Labute approximate surface area is 144 Å². The third-order valence-electron chi connectivity index (χ3n) is 4.75.